The molecule has 2 N–H and O–H groups in total. The van der Waals surface area contributed by atoms with Crippen LogP contribution in [0.5, 0.6) is 0 Å². The Labute approximate surface area is 164 Å². The molecular formula is C20H26N4O2S. The summed E-state index contributed by atoms with van der Waals surface area (Å²) in [6, 6.07) is 10.6. The van der Waals surface area contributed by atoms with Crippen LogP contribution in [0.2, 0.25) is 0 Å². The van der Waals surface area contributed by atoms with E-state index in [9.17, 15) is 4.79 Å². The predicted molar refractivity (Wildman–Crippen MR) is 110 cm³/mol. The number of carbonyl (C=O) groups is 1. The molecule has 1 amide bonds. The fourth-order valence-corrected chi connectivity index (χ4v) is 3.79. The molecule has 0 saturated carbocycles. The Morgan fingerprint density at radius 2 is 1.96 bits per heavy atom. The maximum absolute atomic E-state index is 10.9. The SMILES string of the molecule is CC(=O)NCCNc1cc(-c2ccc(C)c(SN3CCOCC3)c2)ccn1. The number of anilines is 1. The van der Waals surface area contributed by atoms with Crippen molar-refractivity contribution in [1.29, 1.82) is 0 Å². The van der Waals surface area contributed by atoms with Gasteiger partial charge in [0, 0.05) is 44.2 Å². The Balaban J connectivity index is 1.69. The summed E-state index contributed by atoms with van der Waals surface area (Å²) in [6.07, 6.45) is 1.81. The van der Waals surface area contributed by atoms with Gasteiger partial charge in [0.15, 0.2) is 0 Å². The van der Waals surface area contributed by atoms with Crippen molar-refractivity contribution in [3.8, 4) is 11.1 Å². The number of hydrogen-bond acceptors (Lipinski definition) is 6. The van der Waals surface area contributed by atoms with E-state index in [0.717, 1.165) is 37.7 Å². The van der Waals surface area contributed by atoms with Gasteiger partial charge in [-0.25, -0.2) is 9.29 Å². The Bertz CT molecular complexity index is 778. The summed E-state index contributed by atoms with van der Waals surface area (Å²) in [5.41, 5.74) is 3.57. The van der Waals surface area contributed by atoms with Gasteiger partial charge in [-0.05, 0) is 53.8 Å². The average Bonchev–Trinajstić information content (AvgIpc) is 2.68. The minimum absolute atomic E-state index is 0.0246. The van der Waals surface area contributed by atoms with Crippen molar-refractivity contribution in [3.63, 3.8) is 0 Å². The molecule has 0 spiro atoms. The van der Waals surface area contributed by atoms with Gasteiger partial charge in [-0.1, -0.05) is 12.1 Å². The molecule has 2 aromatic rings. The normalized spacial score (nSPS) is 14.7. The highest BCUT2D eigenvalue weighted by molar-refractivity contribution is 7.97. The lowest BCUT2D eigenvalue weighted by atomic mass is 10.1. The molecule has 7 heteroatoms. The van der Waals surface area contributed by atoms with Crippen LogP contribution in [-0.4, -0.2) is 54.6 Å². The van der Waals surface area contributed by atoms with E-state index < -0.39 is 0 Å². The molecule has 0 radical (unpaired) electrons. The van der Waals surface area contributed by atoms with Gasteiger partial charge in [0.2, 0.25) is 5.91 Å². The van der Waals surface area contributed by atoms with Gasteiger partial charge in [-0.2, -0.15) is 0 Å². The van der Waals surface area contributed by atoms with Crippen molar-refractivity contribution in [2.24, 2.45) is 0 Å². The summed E-state index contributed by atoms with van der Waals surface area (Å²) >= 11 is 1.81. The second kappa shape index (κ2) is 9.73. The van der Waals surface area contributed by atoms with Gasteiger partial charge in [0.1, 0.15) is 5.82 Å². The van der Waals surface area contributed by atoms with Crippen LogP contribution in [-0.2, 0) is 9.53 Å². The van der Waals surface area contributed by atoms with Crippen molar-refractivity contribution in [1.82, 2.24) is 14.6 Å². The van der Waals surface area contributed by atoms with Crippen LogP contribution in [0.15, 0.2) is 41.4 Å². The highest BCUT2D eigenvalue weighted by Gasteiger charge is 2.13. The molecule has 0 unspecified atom stereocenters. The summed E-state index contributed by atoms with van der Waals surface area (Å²) in [5, 5.41) is 6.02. The smallest absolute Gasteiger partial charge is 0.216 e. The second-order valence-corrected chi connectivity index (χ2v) is 7.59. The number of nitrogens with one attached hydrogen (secondary N) is 2. The topological polar surface area (TPSA) is 66.5 Å². The van der Waals surface area contributed by atoms with Crippen LogP contribution in [0.1, 0.15) is 12.5 Å². The zero-order chi connectivity index (χ0) is 19.1. The van der Waals surface area contributed by atoms with E-state index in [1.807, 2.05) is 18.3 Å². The van der Waals surface area contributed by atoms with E-state index in [0.29, 0.717) is 13.1 Å². The molecule has 3 rings (SSSR count). The van der Waals surface area contributed by atoms with Crippen LogP contribution in [0.4, 0.5) is 5.82 Å². The highest BCUT2D eigenvalue weighted by atomic mass is 32.2. The van der Waals surface area contributed by atoms with Gasteiger partial charge < -0.3 is 15.4 Å². The zero-order valence-electron chi connectivity index (χ0n) is 15.8. The van der Waals surface area contributed by atoms with E-state index in [4.69, 9.17) is 4.74 Å². The highest BCUT2D eigenvalue weighted by Crippen LogP contribution is 2.31. The predicted octanol–water partition coefficient (Wildman–Crippen LogP) is 2.94. The second-order valence-electron chi connectivity index (χ2n) is 6.45. The number of hydrogen-bond donors (Lipinski definition) is 2. The lowest BCUT2D eigenvalue weighted by Crippen LogP contribution is -2.30. The number of benzene rings is 1. The van der Waals surface area contributed by atoms with Gasteiger partial charge >= 0.3 is 0 Å². The lowest BCUT2D eigenvalue weighted by Gasteiger charge is -2.26. The fraction of sp³-hybridized carbons (Fsp3) is 0.400. The average molecular weight is 387 g/mol. The molecule has 1 fully saturated rings. The Kier molecular flexibility index (Phi) is 7.09. The van der Waals surface area contributed by atoms with E-state index >= 15 is 0 Å². The molecule has 1 aromatic carbocycles. The molecular weight excluding hydrogens is 360 g/mol. The lowest BCUT2D eigenvalue weighted by molar-refractivity contribution is -0.118. The van der Waals surface area contributed by atoms with E-state index in [2.05, 4.69) is 45.0 Å². The third-order valence-corrected chi connectivity index (χ3v) is 5.54. The Hall–Kier alpha value is -2.09. The monoisotopic (exact) mass is 386 g/mol. The van der Waals surface area contributed by atoms with Gasteiger partial charge in [-0.15, -0.1) is 0 Å². The summed E-state index contributed by atoms with van der Waals surface area (Å²) in [5.74, 6) is 0.782. The molecule has 1 saturated heterocycles. The number of ether oxygens (including phenoxy) is 1. The molecule has 1 aliphatic rings. The summed E-state index contributed by atoms with van der Waals surface area (Å²) < 4.78 is 7.79. The minimum Gasteiger partial charge on any atom is -0.379 e. The summed E-state index contributed by atoms with van der Waals surface area (Å²) in [7, 11) is 0. The number of pyridine rings is 1. The van der Waals surface area contributed by atoms with Crippen molar-refractivity contribution >= 4 is 23.7 Å². The summed E-state index contributed by atoms with van der Waals surface area (Å²) in [4.78, 5) is 16.6. The molecule has 0 atom stereocenters. The van der Waals surface area contributed by atoms with Crippen molar-refractivity contribution in [2.45, 2.75) is 18.7 Å². The Morgan fingerprint density at radius 3 is 2.74 bits per heavy atom. The van der Waals surface area contributed by atoms with Crippen molar-refractivity contribution in [2.75, 3.05) is 44.7 Å². The standard InChI is InChI=1S/C20H26N4O2S/c1-15-3-4-17(13-19(15)27-24-9-11-26-12-10-24)18-5-6-22-20(14-18)23-8-7-21-16(2)25/h3-6,13-14H,7-12H2,1-2H3,(H,21,25)(H,22,23). The van der Waals surface area contributed by atoms with Gasteiger partial charge in [-0.3, -0.25) is 4.79 Å². The number of aryl methyl sites for hydroxylation is 1. The van der Waals surface area contributed by atoms with Crippen LogP contribution < -0.4 is 10.6 Å². The first-order valence-corrected chi connectivity index (χ1v) is 9.95. The maximum Gasteiger partial charge on any atom is 0.216 e. The van der Waals surface area contributed by atoms with Crippen LogP contribution in [0.3, 0.4) is 0 Å². The first-order chi connectivity index (χ1) is 13.1. The largest absolute Gasteiger partial charge is 0.379 e. The minimum atomic E-state index is -0.0246. The molecule has 144 valence electrons. The molecule has 2 heterocycles. The number of carbonyl (C=O) groups excluding carboxylic acids is 1. The zero-order valence-corrected chi connectivity index (χ0v) is 16.6. The van der Waals surface area contributed by atoms with Crippen LogP contribution in [0.25, 0.3) is 11.1 Å². The fourth-order valence-electron chi connectivity index (χ4n) is 2.79. The third-order valence-electron chi connectivity index (χ3n) is 4.28. The van der Waals surface area contributed by atoms with Crippen molar-refractivity contribution in [3.05, 3.63) is 42.1 Å². The van der Waals surface area contributed by atoms with Gasteiger partial charge in [0.25, 0.3) is 0 Å². The number of aromatic nitrogens is 1. The van der Waals surface area contributed by atoms with E-state index in [-0.39, 0.29) is 5.91 Å². The number of amides is 1. The molecule has 27 heavy (non-hydrogen) atoms. The molecule has 6 nitrogen and oxygen atoms in total. The number of morpholine rings is 1. The molecule has 0 bridgehead atoms. The van der Waals surface area contributed by atoms with Crippen molar-refractivity contribution < 1.29 is 9.53 Å². The molecule has 1 aromatic heterocycles. The maximum atomic E-state index is 10.9. The summed E-state index contributed by atoms with van der Waals surface area (Å²) in [6.45, 7) is 8.37. The quantitative estimate of drug-likeness (QED) is 0.563. The van der Waals surface area contributed by atoms with Crippen LogP contribution >= 0.6 is 11.9 Å². The number of rotatable bonds is 7. The van der Waals surface area contributed by atoms with Crippen LogP contribution in [0, 0.1) is 6.92 Å². The Morgan fingerprint density at radius 1 is 1.19 bits per heavy atom. The number of nitrogens with zero attached hydrogens (tertiary/aromatic N) is 2. The molecule has 1 aliphatic heterocycles. The van der Waals surface area contributed by atoms with E-state index in [1.54, 1.807) is 11.9 Å². The van der Waals surface area contributed by atoms with E-state index in [1.165, 1.54) is 22.9 Å². The molecule has 0 aliphatic carbocycles. The van der Waals surface area contributed by atoms with Gasteiger partial charge in [0.05, 0.1) is 13.2 Å². The first kappa shape index (κ1) is 19.7. The third kappa shape index (κ3) is 5.95. The first-order valence-electron chi connectivity index (χ1n) is 9.18.